The Bertz CT molecular complexity index is 356. The van der Waals surface area contributed by atoms with E-state index in [4.69, 9.17) is 5.11 Å². The summed E-state index contributed by atoms with van der Waals surface area (Å²) in [7, 11) is 0. The van der Waals surface area contributed by atoms with Gasteiger partial charge in [-0.3, -0.25) is 19.9 Å². The van der Waals surface area contributed by atoms with Crippen molar-refractivity contribution in [2.24, 2.45) is 4.99 Å². The number of amides is 1. The zero-order valence-electron chi connectivity index (χ0n) is 12.7. The number of nitrogens with zero attached hydrogens (tertiary/aromatic N) is 1. The van der Waals surface area contributed by atoms with Crippen LogP contribution in [0.2, 0.25) is 0 Å². The molecule has 0 atom stereocenters. The van der Waals surface area contributed by atoms with Crippen LogP contribution in [-0.4, -0.2) is 36.0 Å². The lowest BCUT2D eigenvalue weighted by atomic mass is 10.1. The lowest BCUT2D eigenvalue weighted by Gasteiger charge is -2.08. The summed E-state index contributed by atoms with van der Waals surface area (Å²) in [5.74, 6) is -0.0816. The standard InChI is InChI=1S/C15H27N3O3/c19-13(18-15-16-11-7-8-12-17-15)9-5-3-1-2-4-6-10-14(20)21/h1-12H2,(H,20,21)(H2,16,17,18,19). The number of carbonyl (C=O) groups excluding carboxylic acids is 1. The lowest BCUT2D eigenvalue weighted by Crippen LogP contribution is -2.40. The molecule has 0 saturated heterocycles. The molecule has 0 aromatic carbocycles. The zero-order chi connectivity index (χ0) is 15.3. The van der Waals surface area contributed by atoms with E-state index in [0.29, 0.717) is 12.4 Å². The topological polar surface area (TPSA) is 90.8 Å². The number of nitrogens with one attached hydrogen (secondary N) is 2. The van der Waals surface area contributed by atoms with Crippen LogP contribution in [0.3, 0.4) is 0 Å². The fourth-order valence-corrected chi connectivity index (χ4v) is 2.24. The average molecular weight is 297 g/mol. The van der Waals surface area contributed by atoms with Gasteiger partial charge in [-0.05, 0) is 25.7 Å². The molecule has 0 saturated carbocycles. The van der Waals surface area contributed by atoms with E-state index in [0.717, 1.165) is 64.5 Å². The van der Waals surface area contributed by atoms with E-state index in [9.17, 15) is 9.59 Å². The smallest absolute Gasteiger partial charge is 0.303 e. The molecule has 0 radical (unpaired) electrons. The molecule has 1 aliphatic heterocycles. The Morgan fingerprint density at radius 2 is 1.71 bits per heavy atom. The summed E-state index contributed by atoms with van der Waals surface area (Å²) in [4.78, 5) is 26.4. The zero-order valence-corrected chi connectivity index (χ0v) is 12.7. The first-order valence-corrected chi connectivity index (χ1v) is 7.98. The molecule has 6 heteroatoms. The van der Waals surface area contributed by atoms with Gasteiger partial charge in [0.25, 0.3) is 0 Å². The van der Waals surface area contributed by atoms with Crippen LogP contribution in [0.15, 0.2) is 4.99 Å². The predicted octanol–water partition coefficient (Wildman–Crippen LogP) is 2.05. The summed E-state index contributed by atoms with van der Waals surface area (Å²) in [5, 5.41) is 14.4. The minimum absolute atomic E-state index is 0.0222. The van der Waals surface area contributed by atoms with Crippen molar-refractivity contribution in [2.45, 2.75) is 64.2 Å². The molecule has 0 aromatic rings. The number of hydrogen-bond acceptors (Lipinski definition) is 4. The lowest BCUT2D eigenvalue weighted by molar-refractivity contribution is -0.137. The highest BCUT2D eigenvalue weighted by Crippen LogP contribution is 2.08. The Hall–Kier alpha value is -1.59. The van der Waals surface area contributed by atoms with Gasteiger partial charge in [-0.2, -0.15) is 0 Å². The van der Waals surface area contributed by atoms with E-state index in [2.05, 4.69) is 15.6 Å². The molecule has 0 aromatic heterocycles. The van der Waals surface area contributed by atoms with Crippen LogP contribution >= 0.6 is 0 Å². The van der Waals surface area contributed by atoms with E-state index in [-0.39, 0.29) is 12.3 Å². The van der Waals surface area contributed by atoms with Crippen molar-refractivity contribution in [1.29, 1.82) is 0 Å². The van der Waals surface area contributed by atoms with Crippen molar-refractivity contribution in [2.75, 3.05) is 13.1 Å². The minimum atomic E-state index is -0.721. The normalized spacial score (nSPS) is 14.8. The Labute approximate surface area is 126 Å². The number of carboxylic acids is 1. The van der Waals surface area contributed by atoms with Gasteiger partial charge in [-0.15, -0.1) is 0 Å². The third-order valence-corrected chi connectivity index (χ3v) is 3.45. The Morgan fingerprint density at radius 3 is 2.43 bits per heavy atom. The quantitative estimate of drug-likeness (QED) is 0.568. The molecule has 0 bridgehead atoms. The van der Waals surface area contributed by atoms with E-state index in [1.807, 2.05) is 0 Å². The van der Waals surface area contributed by atoms with Gasteiger partial charge in [0, 0.05) is 25.9 Å². The monoisotopic (exact) mass is 297 g/mol. The first kappa shape index (κ1) is 17.5. The van der Waals surface area contributed by atoms with Gasteiger partial charge in [-0.1, -0.05) is 25.7 Å². The largest absolute Gasteiger partial charge is 0.481 e. The Morgan fingerprint density at radius 1 is 1.05 bits per heavy atom. The molecule has 120 valence electrons. The van der Waals surface area contributed by atoms with Crippen LogP contribution in [0.4, 0.5) is 0 Å². The van der Waals surface area contributed by atoms with Crippen LogP contribution < -0.4 is 10.6 Å². The molecule has 21 heavy (non-hydrogen) atoms. The molecule has 1 rings (SSSR count). The fourth-order valence-electron chi connectivity index (χ4n) is 2.24. The summed E-state index contributed by atoms with van der Waals surface area (Å²) in [6, 6.07) is 0. The maximum absolute atomic E-state index is 11.7. The Kier molecular flexibility index (Phi) is 9.24. The van der Waals surface area contributed by atoms with Crippen molar-refractivity contribution >= 4 is 17.8 Å². The summed E-state index contributed by atoms with van der Waals surface area (Å²) in [6.07, 6.45) is 8.64. The molecule has 1 amide bonds. The summed E-state index contributed by atoms with van der Waals surface area (Å²) in [6.45, 7) is 1.65. The average Bonchev–Trinajstić information content (AvgIpc) is 2.70. The van der Waals surface area contributed by atoms with Gasteiger partial charge in [0.2, 0.25) is 5.91 Å². The number of carboxylic acid groups (broad SMARTS) is 1. The number of aliphatic carboxylic acids is 1. The van der Waals surface area contributed by atoms with E-state index in [1.165, 1.54) is 0 Å². The minimum Gasteiger partial charge on any atom is -0.481 e. The molecular formula is C15H27N3O3. The molecule has 0 spiro atoms. The van der Waals surface area contributed by atoms with Crippen LogP contribution in [0.25, 0.3) is 0 Å². The molecule has 0 aliphatic carbocycles. The second kappa shape index (κ2) is 11.1. The number of unbranched alkanes of at least 4 members (excludes halogenated alkanes) is 5. The summed E-state index contributed by atoms with van der Waals surface area (Å²) in [5.41, 5.74) is 0. The molecule has 3 N–H and O–H groups in total. The summed E-state index contributed by atoms with van der Waals surface area (Å²) < 4.78 is 0. The number of rotatable bonds is 9. The second-order valence-electron chi connectivity index (χ2n) is 5.43. The summed E-state index contributed by atoms with van der Waals surface area (Å²) >= 11 is 0. The highest BCUT2D eigenvalue weighted by atomic mass is 16.4. The molecule has 0 fully saturated rings. The van der Waals surface area contributed by atoms with Gasteiger partial charge in [-0.25, -0.2) is 0 Å². The number of guanidine groups is 1. The third kappa shape index (κ3) is 9.87. The van der Waals surface area contributed by atoms with Crippen molar-refractivity contribution < 1.29 is 14.7 Å². The van der Waals surface area contributed by atoms with Crippen molar-refractivity contribution in [3.05, 3.63) is 0 Å². The third-order valence-electron chi connectivity index (χ3n) is 3.45. The predicted molar refractivity (Wildman–Crippen MR) is 82.3 cm³/mol. The van der Waals surface area contributed by atoms with Gasteiger partial charge < -0.3 is 10.4 Å². The van der Waals surface area contributed by atoms with Gasteiger partial charge in [0.15, 0.2) is 5.96 Å². The molecule has 1 heterocycles. The highest BCUT2D eigenvalue weighted by molar-refractivity contribution is 5.96. The van der Waals surface area contributed by atoms with Crippen molar-refractivity contribution in [3.63, 3.8) is 0 Å². The number of aliphatic imine (C=N–C) groups is 1. The SMILES string of the molecule is O=C(O)CCCCCCCCC(=O)NC1=NCCCCN1. The number of hydrogen-bond donors (Lipinski definition) is 3. The first-order valence-electron chi connectivity index (χ1n) is 7.98. The van der Waals surface area contributed by atoms with E-state index < -0.39 is 5.97 Å². The first-order chi connectivity index (χ1) is 10.2. The van der Waals surface area contributed by atoms with E-state index in [1.54, 1.807) is 0 Å². The number of carbonyl (C=O) groups is 2. The van der Waals surface area contributed by atoms with Crippen LogP contribution in [0.1, 0.15) is 64.2 Å². The molecule has 1 aliphatic rings. The van der Waals surface area contributed by atoms with Gasteiger partial charge >= 0.3 is 5.97 Å². The van der Waals surface area contributed by atoms with Gasteiger partial charge in [0.05, 0.1) is 0 Å². The second-order valence-corrected chi connectivity index (χ2v) is 5.43. The van der Waals surface area contributed by atoms with Crippen molar-refractivity contribution in [3.8, 4) is 0 Å². The van der Waals surface area contributed by atoms with Gasteiger partial charge in [0.1, 0.15) is 0 Å². The fraction of sp³-hybridized carbons (Fsp3) is 0.800. The molecule has 0 unspecified atom stereocenters. The van der Waals surface area contributed by atoms with Crippen LogP contribution in [0.5, 0.6) is 0 Å². The van der Waals surface area contributed by atoms with E-state index >= 15 is 0 Å². The Balaban J connectivity index is 1.95. The maximum Gasteiger partial charge on any atom is 0.303 e. The molecule has 6 nitrogen and oxygen atoms in total. The van der Waals surface area contributed by atoms with Crippen LogP contribution in [-0.2, 0) is 9.59 Å². The highest BCUT2D eigenvalue weighted by Gasteiger charge is 2.07. The molecular weight excluding hydrogens is 270 g/mol. The maximum atomic E-state index is 11.7. The van der Waals surface area contributed by atoms with Crippen LogP contribution in [0, 0.1) is 0 Å². The van der Waals surface area contributed by atoms with Crippen molar-refractivity contribution in [1.82, 2.24) is 10.6 Å².